The Bertz CT molecular complexity index is 1130. The second-order valence-electron chi connectivity index (χ2n) is 9.13. The molecule has 0 spiro atoms. The molecule has 3 aromatic rings. The number of hydrogen-bond donors (Lipinski definition) is 0. The molecule has 2 aromatic heterocycles. The van der Waals surface area contributed by atoms with Crippen LogP contribution in [0.15, 0.2) is 35.7 Å². The number of fused-ring (bicyclic) bond motifs is 1. The highest BCUT2D eigenvalue weighted by Gasteiger charge is 2.31. The maximum Gasteiger partial charge on any atom is 0.236 e. The number of piperazine rings is 1. The van der Waals surface area contributed by atoms with E-state index in [4.69, 9.17) is 14.7 Å². The molecule has 8 heteroatoms. The van der Waals surface area contributed by atoms with Gasteiger partial charge in [-0.2, -0.15) is 0 Å². The first-order valence-corrected chi connectivity index (χ1v) is 12.8. The minimum absolute atomic E-state index is 0.219. The molecule has 7 nitrogen and oxygen atoms in total. The Labute approximate surface area is 198 Å². The number of morpholine rings is 1. The van der Waals surface area contributed by atoms with E-state index in [1.165, 1.54) is 29.4 Å². The standard InChI is InChI=1S/C25H29N5O2S/c31-21(29-12-14-32-15-13-29)16-28-8-10-30(11-9-28)24-22-20(18-4-2-1-3-5-18)17-33-25(22)27-23(26-24)19-6-7-19/h1-5,17,19H,6-16H2. The molecule has 0 radical (unpaired) electrons. The zero-order valence-corrected chi connectivity index (χ0v) is 19.6. The minimum atomic E-state index is 0.219. The van der Waals surface area contributed by atoms with Gasteiger partial charge in [0.05, 0.1) is 25.1 Å². The van der Waals surface area contributed by atoms with Crippen molar-refractivity contribution >= 4 is 33.3 Å². The fraction of sp³-hybridized carbons (Fsp3) is 0.480. The van der Waals surface area contributed by atoms with Crippen molar-refractivity contribution in [2.75, 3.05) is 63.9 Å². The summed E-state index contributed by atoms with van der Waals surface area (Å²) in [5.41, 5.74) is 2.43. The van der Waals surface area contributed by atoms with Crippen LogP contribution < -0.4 is 4.90 Å². The number of anilines is 1. The number of ether oxygens (including phenoxy) is 1. The number of rotatable bonds is 5. The second-order valence-corrected chi connectivity index (χ2v) is 9.99. The molecule has 1 amide bonds. The average molecular weight is 464 g/mol. The van der Waals surface area contributed by atoms with Gasteiger partial charge >= 0.3 is 0 Å². The Morgan fingerprint density at radius 3 is 2.48 bits per heavy atom. The largest absolute Gasteiger partial charge is 0.378 e. The quantitative estimate of drug-likeness (QED) is 0.579. The Kier molecular flexibility index (Phi) is 5.73. The van der Waals surface area contributed by atoms with Gasteiger partial charge in [-0.3, -0.25) is 9.69 Å². The summed E-state index contributed by atoms with van der Waals surface area (Å²) in [6.45, 7) is 6.69. The smallest absolute Gasteiger partial charge is 0.236 e. The average Bonchev–Trinajstić information content (AvgIpc) is 3.64. The lowest BCUT2D eigenvalue weighted by Crippen LogP contribution is -2.51. The van der Waals surface area contributed by atoms with Crippen molar-refractivity contribution in [1.82, 2.24) is 19.8 Å². The molecule has 1 aliphatic carbocycles. The summed E-state index contributed by atoms with van der Waals surface area (Å²) in [4.78, 5) is 30.5. The summed E-state index contributed by atoms with van der Waals surface area (Å²) < 4.78 is 5.38. The van der Waals surface area contributed by atoms with Crippen molar-refractivity contribution in [3.8, 4) is 11.1 Å². The fourth-order valence-corrected chi connectivity index (χ4v) is 5.69. The molecule has 172 valence electrons. The summed E-state index contributed by atoms with van der Waals surface area (Å²) in [5.74, 6) is 2.81. The fourth-order valence-electron chi connectivity index (χ4n) is 4.74. The molecule has 2 aliphatic heterocycles. The van der Waals surface area contributed by atoms with E-state index in [2.05, 4.69) is 45.5 Å². The van der Waals surface area contributed by atoms with E-state index < -0.39 is 0 Å². The predicted molar refractivity (Wildman–Crippen MR) is 131 cm³/mol. The van der Waals surface area contributed by atoms with Gasteiger partial charge < -0.3 is 14.5 Å². The van der Waals surface area contributed by atoms with E-state index in [1.807, 2.05) is 4.90 Å². The van der Waals surface area contributed by atoms with E-state index in [9.17, 15) is 4.79 Å². The first-order chi connectivity index (χ1) is 16.3. The maximum atomic E-state index is 12.7. The lowest BCUT2D eigenvalue weighted by Gasteiger charge is -2.37. The third-order valence-electron chi connectivity index (χ3n) is 6.85. The van der Waals surface area contributed by atoms with E-state index in [1.54, 1.807) is 11.3 Å². The van der Waals surface area contributed by atoms with Crippen LogP contribution in [0.4, 0.5) is 5.82 Å². The molecule has 1 saturated carbocycles. The molecule has 0 bridgehead atoms. The number of thiophene rings is 1. The first-order valence-electron chi connectivity index (χ1n) is 11.9. The third kappa shape index (κ3) is 4.35. The summed E-state index contributed by atoms with van der Waals surface area (Å²) in [5, 5.41) is 3.40. The zero-order chi connectivity index (χ0) is 22.2. The molecule has 2 saturated heterocycles. The lowest BCUT2D eigenvalue weighted by atomic mass is 10.1. The summed E-state index contributed by atoms with van der Waals surface area (Å²) in [6.07, 6.45) is 2.39. The van der Waals surface area contributed by atoms with Gasteiger partial charge in [-0.25, -0.2) is 9.97 Å². The monoisotopic (exact) mass is 463 g/mol. The number of aromatic nitrogens is 2. The molecule has 33 heavy (non-hydrogen) atoms. The molecule has 3 aliphatic rings. The van der Waals surface area contributed by atoms with Gasteiger partial charge in [-0.05, 0) is 18.4 Å². The Morgan fingerprint density at radius 1 is 1.00 bits per heavy atom. The molecule has 1 aromatic carbocycles. The SMILES string of the molecule is O=C(CN1CCN(c2nc(C3CC3)nc3scc(-c4ccccc4)c23)CC1)N1CCOCC1. The first kappa shape index (κ1) is 21.0. The number of amides is 1. The van der Waals surface area contributed by atoms with Crippen molar-refractivity contribution in [1.29, 1.82) is 0 Å². The molecule has 3 fully saturated rings. The number of hydrogen-bond acceptors (Lipinski definition) is 7. The van der Waals surface area contributed by atoms with Crippen molar-refractivity contribution in [3.63, 3.8) is 0 Å². The van der Waals surface area contributed by atoms with Crippen LogP contribution in [0, 0.1) is 0 Å². The van der Waals surface area contributed by atoms with Gasteiger partial charge in [-0.15, -0.1) is 11.3 Å². The van der Waals surface area contributed by atoms with Crippen LogP contribution in [0.1, 0.15) is 24.6 Å². The van der Waals surface area contributed by atoms with E-state index in [-0.39, 0.29) is 5.91 Å². The molecular formula is C25H29N5O2S. The van der Waals surface area contributed by atoms with Gasteiger partial charge in [0.2, 0.25) is 5.91 Å². The number of carbonyl (C=O) groups excluding carboxylic acids is 1. The van der Waals surface area contributed by atoms with Crippen molar-refractivity contribution < 1.29 is 9.53 Å². The molecule has 4 heterocycles. The van der Waals surface area contributed by atoms with E-state index in [0.717, 1.165) is 42.7 Å². The zero-order valence-electron chi connectivity index (χ0n) is 18.8. The second kappa shape index (κ2) is 9.00. The van der Waals surface area contributed by atoms with Crippen LogP contribution in [0.3, 0.4) is 0 Å². The van der Waals surface area contributed by atoms with Crippen LogP contribution in [0.2, 0.25) is 0 Å². The Hall–Kier alpha value is -2.55. The highest BCUT2D eigenvalue weighted by Crippen LogP contribution is 2.43. The lowest BCUT2D eigenvalue weighted by molar-refractivity contribution is -0.136. The van der Waals surface area contributed by atoms with Crippen molar-refractivity contribution in [3.05, 3.63) is 41.5 Å². The number of benzene rings is 1. The van der Waals surface area contributed by atoms with Crippen LogP contribution >= 0.6 is 11.3 Å². The topological polar surface area (TPSA) is 61.8 Å². The molecule has 6 rings (SSSR count). The molecule has 0 atom stereocenters. The van der Waals surface area contributed by atoms with Crippen LogP contribution in [-0.2, 0) is 9.53 Å². The summed E-state index contributed by atoms with van der Waals surface area (Å²) in [7, 11) is 0. The number of carbonyl (C=O) groups is 1. The van der Waals surface area contributed by atoms with Gasteiger partial charge in [-0.1, -0.05) is 30.3 Å². The molecular weight excluding hydrogens is 434 g/mol. The Balaban J connectivity index is 1.24. The minimum Gasteiger partial charge on any atom is -0.378 e. The Morgan fingerprint density at radius 2 is 1.76 bits per heavy atom. The highest BCUT2D eigenvalue weighted by atomic mass is 32.1. The van der Waals surface area contributed by atoms with Gasteiger partial charge in [0, 0.05) is 56.1 Å². The maximum absolute atomic E-state index is 12.7. The van der Waals surface area contributed by atoms with Gasteiger partial charge in [0.25, 0.3) is 0 Å². The van der Waals surface area contributed by atoms with Gasteiger partial charge in [0.15, 0.2) is 0 Å². The van der Waals surface area contributed by atoms with Gasteiger partial charge in [0.1, 0.15) is 16.5 Å². The molecule has 0 N–H and O–H groups in total. The van der Waals surface area contributed by atoms with E-state index in [0.29, 0.717) is 38.8 Å². The normalized spacial score (nSPS) is 19.9. The summed E-state index contributed by atoms with van der Waals surface area (Å²) >= 11 is 1.72. The van der Waals surface area contributed by atoms with Crippen molar-refractivity contribution in [2.24, 2.45) is 0 Å². The third-order valence-corrected chi connectivity index (χ3v) is 7.73. The van der Waals surface area contributed by atoms with Crippen LogP contribution in [-0.4, -0.2) is 84.7 Å². The highest BCUT2D eigenvalue weighted by molar-refractivity contribution is 7.17. The summed E-state index contributed by atoms with van der Waals surface area (Å²) in [6, 6.07) is 10.5. The predicted octanol–water partition coefficient (Wildman–Crippen LogP) is 3.22. The van der Waals surface area contributed by atoms with Crippen LogP contribution in [0.5, 0.6) is 0 Å². The molecule has 0 unspecified atom stereocenters. The van der Waals surface area contributed by atoms with Crippen molar-refractivity contribution in [2.45, 2.75) is 18.8 Å². The van der Waals surface area contributed by atoms with E-state index >= 15 is 0 Å². The van der Waals surface area contributed by atoms with Crippen LogP contribution in [0.25, 0.3) is 21.3 Å². The number of nitrogens with zero attached hydrogens (tertiary/aromatic N) is 5.